The molecule has 4 N–H and O–H groups in total. The van der Waals surface area contributed by atoms with Gasteiger partial charge < -0.3 is 20.9 Å². The van der Waals surface area contributed by atoms with Crippen LogP contribution in [-0.2, 0) is 4.79 Å². The molecule has 10 nitrogen and oxygen atoms in total. The first-order valence-corrected chi connectivity index (χ1v) is 9.99. The molecule has 5 rings (SSSR count). The molecule has 2 aromatic rings. The van der Waals surface area contributed by atoms with Crippen LogP contribution in [0.1, 0.15) is 31.2 Å². The van der Waals surface area contributed by atoms with Crippen molar-refractivity contribution in [3.05, 3.63) is 23.5 Å². The maximum atomic E-state index is 11.9. The Hall–Kier alpha value is -3.14. The fourth-order valence-electron chi connectivity index (χ4n) is 3.70. The number of piperidine rings is 1. The fourth-order valence-corrected chi connectivity index (χ4v) is 3.70. The lowest BCUT2D eigenvalue weighted by Gasteiger charge is -2.29. The summed E-state index contributed by atoms with van der Waals surface area (Å²) in [5.41, 5.74) is 1.49. The third-order valence-corrected chi connectivity index (χ3v) is 5.52. The molecule has 29 heavy (non-hydrogen) atoms. The van der Waals surface area contributed by atoms with Gasteiger partial charge in [0.1, 0.15) is 17.3 Å². The number of hydrogen-bond acceptors (Lipinski definition) is 7. The Labute approximate surface area is 167 Å². The van der Waals surface area contributed by atoms with Crippen molar-refractivity contribution < 1.29 is 9.59 Å². The number of rotatable bonds is 5. The van der Waals surface area contributed by atoms with E-state index in [1.807, 2.05) is 6.07 Å². The minimum absolute atomic E-state index is 0.192. The predicted octanol–water partition coefficient (Wildman–Crippen LogP) is 0.990. The summed E-state index contributed by atoms with van der Waals surface area (Å²) in [5.74, 6) is 1.21. The van der Waals surface area contributed by atoms with Gasteiger partial charge in [0.15, 0.2) is 5.65 Å². The molecule has 0 aromatic carbocycles. The summed E-state index contributed by atoms with van der Waals surface area (Å²) in [5, 5.41) is 16.2. The second kappa shape index (κ2) is 7.03. The zero-order chi connectivity index (χ0) is 20.0. The first kappa shape index (κ1) is 17.9. The van der Waals surface area contributed by atoms with Gasteiger partial charge in [-0.3, -0.25) is 10.1 Å². The molecule has 152 valence electrons. The number of imide groups is 1. The molecule has 1 aliphatic carbocycles. The van der Waals surface area contributed by atoms with E-state index in [0.29, 0.717) is 23.3 Å². The van der Waals surface area contributed by atoms with E-state index in [0.717, 1.165) is 50.4 Å². The van der Waals surface area contributed by atoms with E-state index in [4.69, 9.17) is 4.98 Å². The van der Waals surface area contributed by atoms with Crippen molar-refractivity contribution in [3.8, 4) is 0 Å². The van der Waals surface area contributed by atoms with Crippen molar-refractivity contribution in [2.24, 2.45) is 0 Å². The number of nitrogens with zero attached hydrogens (tertiary/aromatic N) is 4. The van der Waals surface area contributed by atoms with Crippen molar-refractivity contribution in [1.29, 1.82) is 0 Å². The molecule has 2 aromatic heterocycles. The van der Waals surface area contributed by atoms with Crippen molar-refractivity contribution in [2.45, 2.75) is 37.8 Å². The molecule has 3 amide bonds. The molecular formula is C19H24N8O2. The fraction of sp³-hybridized carbons (Fsp3) is 0.474. The molecule has 0 atom stereocenters. The van der Waals surface area contributed by atoms with Gasteiger partial charge in [0.25, 0.3) is 5.91 Å². The smallest absolute Gasteiger partial charge is 0.326 e. The topological polar surface area (TPSA) is 116 Å². The molecule has 0 spiro atoms. The van der Waals surface area contributed by atoms with Crippen molar-refractivity contribution in [2.75, 3.05) is 30.8 Å². The molecule has 0 unspecified atom stereocenters. The molecule has 1 saturated carbocycles. The number of amides is 3. The third kappa shape index (κ3) is 3.75. The Kier molecular flexibility index (Phi) is 4.35. The van der Waals surface area contributed by atoms with Crippen LogP contribution in [0.25, 0.3) is 11.7 Å². The second-order valence-corrected chi connectivity index (χ2v) is 7.97. The zero-order valence-corrected chi connectivity index (χ0v) is 16.2. The predicted molar refractivity (Wildman–Crippen MR) is 108 cm³/mol. The Morgan fingerprint density at radius 3 is 2.55 bits per heavy atom. The van der Waals surface area contributed by atoms with Crippen LogP contribution in [0.4, 0.5) is 16.4 Å². The van der Waals surface area contributed by atoms with E-state index in [-0.39, 0.29) is 5.70 Å². The highest BCUT2D eigenvalue weighted by molar-refractivity contribution is 6.14. The summed E-state index contributed by atoms with van der Waals surface area (Å²) in [4.78, 5) is 30.4. The molecule has 10 heteroatoms. The number of fused-ring (bicyclic) bond motifs is 1. The van der Waals surface area contributed by atoms with E-state index >= 15 is 0 Å². The quantitative estimate of drug-likeness (QED) is 0.440. The van der Waals surface area contributed by atoms with Gasteiger partial charge in [-0.15, -0.1) is 0 Å². The second-order valence-electron chi connectivity index (χ2n) is 7.97. The standard InChI is InChI=1S/C19H24N8O2/c1-26-6-4-13(5-7-26)21-15-9-16(22-12-2-3-12)27-17(24-15)11(10-20-27)8-14-18(28)25-19(29)23-14/h8-10,12-13,22H,2-7H2,1H3,(H,21,24)(H2,23,25,28,29)/b14-8-. The van der Waals surface area contributed by atoms with Gasteiger partial charge in [0.2, 0.25) is 0 Å². The molecule has 2 aliphatic heterocycles. The van der Waals surface area contributed by atoms with E-state index in [1.165, 1.54) is 0 Å². The number of anilines is 2. The van der Waals surface area contributed by atoms with E-state index in [9.17, 15) is 9.59 Å². The summed E-state index contributed by atoms with van der Waals surface area (Å²) in [6.07, 6.45) is 7.69. The summed E-state index contributed by atoms with van der Waals surface area (Å²) in [6, 6.07) is 2.31. The van der Waals surface area contributed by atoms with Gasteiger partial charge in [-0.25, -0.2) is 9.78 Å². The van der Waals surface area contributed by atoms with E-state index in [1.54, 1.807) is 16.8 Å². The lowest BCUT2D eigenvalue weighted by atomic mass is 10.1. The Morgan fingerprint density at radius 1 is 1.10 bits per heavy atom. The summed E-state index contributed by atoms with van der Waals surface area (Å²) >= 11 is 0. The first-order chi connectivity index (χ1) is 14.0. The van der Waals surface area contributed by atoms with Gasteiger partial charge >= 0.3 is 6.03 Å². The number of hydrogen-bond donors (Lipinski definition) is 4. The van der Waals surface area contributed by atoms with Crippen LogP contribution in [0.15, 0.2) is 18.0 Å². The molecule has 0 bridgehead atoms. The van der Waals surface area contributed by atoms with Crippen molar-refractivity contribution in [1.82, 2.24) is 30.1 Å². The maximum absolute atomic E-state index is 11.9. The highest BCUT2D eigenvalue weighted by Gasteiger charge is 2.26. The van der Waals surface area contributed by atoms with Crippen LogP contribution in [0.2, 0.25) is 0 Å². The van der Waals surface area contributed by atoms with Gasteiger partial charge in [0, 0.05) is 23.7 Å². The highest BCUT2D eigenvalue weighted by Crippen LogP contribution is 2.28. The van der Waals surface area contributed by atoms with Gasteiger partial charge in [-0.1, -0.05) is 0 Å². The lowest BCUT2D eigenvalue weighted by Crippen LogP contribution is -2.36. The number of urea groups is 1. The minimum Gasteiger partial charge on any atom is -0.367 e. The Morgan fingerprint density at radius 2 is 1.86 bits per heavy atom. The van der Waals surface area contributed by atoms with Gasteiger partial charge in [0.05, 0.1) is 6.20 Å². The molecular weight excluding hydrogens is 372 g/mol. The Balaban J connectivity index is 1.49. The van der Waals surface area contributed by atoms with Crippen LogP contribution in [0.5, 0.6) is 0 Å². The highest BCUT2D eigenvalue weighted by atomic mass is 16.2. The number of aromatic nitrogens is 3. The summed E-state index contributed by atoms with van der Waals surface area (Å²) < 4.78 is 1.75. The normalized spacial score (nSPS) is 22.2. The van der Waals surface area contributed by atoms with E-state index < -0.39 is 11.9 Å². The van der Waals surface area contributed by atoms with Gasteiger partial charge in [-0.05, 0) is 51.9 Å². The molecule has 0 radical (unpaired) electrons. The van der Waals surface area contributed by atoms with Crippen LogP contribution < -0.4 is 21.3 Å². The van der Waals surface area contributed by atoms with Crippen LogP contribution >= 0.6 is 0 Å². The average molecular weight is 396 g/mol. The molecule has 3 aliphatic rings. The monoisotopic (exact) mass is 396 g/mol. The minimum atomic E-state index is -0.522. The first-order valence-electron chi connectivity index (χ1n) is 9.99. The average Bonchev–Trinajstić information content (AvgIpc) is 3.33. The summed E-state index contributed by atoms with van der Waals surface area (Å²) in [6.45, 7) is 2.12. The molecule has 3 fully saturated rings. The third-order valence-electron chi connectivity index (χ3n) is 5.52. The van der Waals surface area contributed by atoms with Crippen LogP contribution in [-0.4, -0.2) is 63.7 Å². The van der Waals surface area contributed by atoms with Gasteiger partial charge in [-0.2, -0.15) is 9.61 Å². The largest absolute Gasteiger partial charge is 0.367 e. The zero-order valence-electron chi connectivity index (χ0n) is 16.2. The van der Waals surface area contributed by atoms with E-state index in [2.05, 4.69) is 38.3 Å². The molecule has 2 saturated heterocycles. The van der Waals surface area contributed by atoms with Crippen LogP contribution in [0.3, 0.4) is 0 Å². The molecule has 4 heterocycles. The SMILES string of the molecule is CN1CCC(Nc2cc(NC3CC3)n3ncc(/C=C4\NC(=O)NC4=O)c3n2)CC1. The van der Waals surface area contributed by atoms with Crippen molar-refractivity contribution >= 4 is 35.3 Å². The number of likely N-dealkylation sites (tertiary alicyclic amines) is 1. The number of nitrogens with one attached hydrogen (secondary N) is 4. The Bertz CT molecular complexity index is 1000. The maximum Gasteiger partial charge on any atom is 0.326 e. The lowest BCUT2D eigenvalue weighted by molar-refractivity contribution is -0.115. The number of carbonyl (C=O) groups excluding carboxylic acids is 2. The van der Waals surface area contributed by atoms with Crippen molar-refractivity contribution in [3.63, 3.8) is 0 Å². The summed E-state index contributed by atoms with van der Waals surface area (Å²) in [7, 11) is 2.14. The van der Waals surface area contributed by atoms with Crippen LogP contribution in [0, 0.1) is 0 Å². The number of carbonyl (C=O) groups is 2.